The smallest absolute Gasteiger partial charge is 0.308 e. The molecule has 16 heavy (non-hydrogen) atoms. The molecule has 0 N–H and O–H groups in total. The molecule has 0 aliphatic carbocycles. The molecular weight excluding hydrogens is 204 g/mol. The van der Waals surface area contributed by atoms with E-state index in [1.165, 1.54) is 0 Å². The average Bonchev–Trinajstić information content (AvgIpc) is 2.14. The first-order chi connectivity index (χ1) is 7.38. The maximum absolute atomic E-state index is 11.5. The first-order valence-electron chi connectivity index (χ1n) is 5.86. The lowest BCUT2D eigenvalue weighted by Gasteiger charge is -2.27. The molecule has 0 saturated carbocycles. The fourth-order valence-electron chi connectivity index (χ4n) is 1.66. The van der Waals surface area contributed by atoms with Crippen LogP contribution >= 0.6 is 0 Å². The van der Waals surface area contributed by atoms with Gasteiger partial charge in [0.05, 0.1) is 12.3 Å². The average molecular weight is 226 g/mol. The van der Waals surface area contributed by atoms with Gasteiger partial charge >= 0.3 is 5.97 Å². The minimum absolute atomic E-state index is 0.133. The predicted molar refractivity (Wildman–Crippen MR) is 64.6 cm³/mol. The zero-order valence-corrected chi connectivity index (χ0v) is 10.7. The largest absolute Gasteiger partial charge is 0.460 e. The highest BCUT2D eigenvalue weighted by atomic mass is 16.6. The zero-order valence-electron chi connectivity index (χ0n) is 10.7. The topological polar surface area (TPSA) is 41.9 Å². The van der Waals surface area contributed by atoms with Gasteiger partial charge in [-0.05, 0) is 34.1 Å². The highest BCUT2D eigenvalue weighted by Gasteiger charge is 2.18. The van der Waals surface area contributed by atoms with Crippen molar-refractivity contribution in [2.45, 2.75) is 46.1 Å². The molecule has 0 spiro atoms. The summed E-state index contributed by atoms with van der Waals surface area (Å²) in [6.45, 7) is 10.3. The first-order valence-corrected chi connectivity index (χ1v) is 5.86. The van der Waals surface area contributed by atoms with E-state index in [0.717, 1.165) is 25.3 Å². The molecule has 1 rings (SSSR count). The molecular formula is C12H22N2O2. The highest BCUT2D eigenvalue weighted by molar-refractivity contribution is 5.80. The first kappa shape index (κ1) is 13.0. The third-order valence-electron chi connectivity index (χ3n) is 2.39. The van der Waals surface area contributed by atoms with E-state index in [2.05, 4.69) is 9.89 Å². The number of ether oxygens (including phenoxy) is 1. The molecule has 0 radical (unpaired) electrons. The Morgan fingerprint density at radius 1 is 1.50 bits per heavy atom. The van der Waals surface area contributed by atoms with E-state index >= 15 is 0 Å². The molecule has 92 valence electrons. The van der Waals surface area contributed by atoms with Gasteiger partial charge in [0.1, 0.15) is 5.60 Å². The molecule has 0 aromatic rings. The van der Waals surface area contributed by atoms with Crippen LogP contribution in [0.2, 0.25) is 0 Å². The summed E-state index contributed by atoms with van der Waals surface area (Å²) >= 11 is 0. The summed E-state index contributed by atoms with van der Waals surface area (Å²) in [5, 5.41) is 0. The normalized spacial score (nSPS) is 17.0. The molecule has 0 fully saturated rings. The number of hydrogen-bond acceptors (Lipinski definition) is 4. The van der Waals surface area contributed by atoms with Crippen LogP contribution in [0.3, 0.4) is 0 Å². The van der Waals surface area contributed by atoms with E-state index in [1.54, 1.807) is 0 Å². The van der Waals surface area contributed by atoms with Crippen molar-refractivity contribution >= 4 is 11.8 Å². The number of rotatable bonds is 3. The van der Waals surface area contributed by atoms with Crippen molar-refractivity contribution in [1.82, 2.24) is 4.90 Å². The summed E-state index contributed by atoms with van der Waals surface area (Å²) in [6.07, 6.45) is 1.51. The van der Waals surface area contributed by atoms with Gasteiger partial charge in [-0.25, -0.2) is 0 Å². The Morgan fingerprint density at radius 2 is 2.19 bits per heavy atom. The van der Waals surface area contributed by atoms with Crippen LogP contribution in [0.25, 0.3) is 0 Å². The molecule has 0 aromatic heterocycles. The van der Waals surface area contributed by atoms with Crippen LogP contribution in [0, 0.1) is 0 Å². The molecule has 0 unspecified atom stereocenters. The number of carbonyl (C=O) groups excluding carboxylic acids is 1. The SMILES string of the molecule is CC1=NCCCN1CCC(=O)OC(C)(C)C. The van der Waals surface area contributed by atoms with Gasteiger partial charge in [0.15, 0.2) is 0 Å². The van der Waals surface area contributed by atoms with Gasteiger partial charge in [-0.1, -0.05) is 0 Å². The van der Waals surface area contributed by atoms with Crippen molar-refractivity contribution in [3.05, 3.63) is 0 Å². The third kappa shape index (κ3) is 4.64. The molecule has 4 nitrogen and oxygen atoms in total. The van der Waals surface area contributed by atoms with Gasteiger partial charge in [-0.2, -0.15) is 0 Å². The highest BCUT2D eigenvalue weighted by Crippen LogP contribution is 2.09. The molecule has 0 amide bonds. The summed E-state index contributed by atoms with van der Waals surface area (Å²) < 4.78 is 5.26. The number of aliphatic imine (C=N–C) groups is 1. The van der Waals surface area contributed by atoms with Gasteiger partial charge in [-0.3, -0.25) is 9.79 Å². The molecule has 0 bridgehead atoms. The Morgan fingerprint density at radius 3 is 2.75 bits per heavy atom. The van der Waals surface area contributed by atoms with Gasteiger partial charge < -0.3 is 9.64 Å². The van der Waals surface area contributed by atoms with Crippen LogP contribution < -0.4 is 0 Å². The number of esters is 1. The fraction of sp³-hybridized carbons (Fsp3) is 0.833. The molecule has 1 aliphatic heterocycles. The summed E-state index contributed by atoms with van der Waals surface area (Å²) in [5.74, 6) is 0.903. The summed E-state index contributed by atoms with van der Waals surface area (Å²) in [7, 11) is 0. The number of carbonyl (C=O) groups is 1. The maximum Gasteiger partial charge on any atom is 0.308 e. The lowest BCUT2D eigenvalue weighted by atomic mass is 10.2. The van der Waals surface area contributed by atoms with Gasteiger partial charge in [0.2, 0.25) is 0 Å². The number of nitrogens with zero attached hydrogens (tertiary/aromatic N) is 2. The summed E-state index contributed by atoms with van der Waals surface area (Å²) in [4.78, 5) is 18.0. The van der Waals surface area contributed by atoms with Crippen molar-refractivity contribution in [3.63, 3.8) is 0 Å². The predicted octanol–water partition coefficient (Wildman–Crippen LogP) is 1.84. The Bertz CT molecular complexity index is 279. The van der Waals surface area contributed by atoms with Crippen molar-refractivity contribution in [3.8, 4) is 0 Å². The Kier molecular flexibility index (Phi) is 4.33. The van der Waals surface area contributed by atoms with Crippen molar-refractivity contribution < 1.29 is 9.53 Å². The van der Waals surface area contributed by atoms with Gasteiger partial charge in [0.25, 0.3) is 0 Å². The van der Waals surface area contributed by atoms with Crippen LogP contribution in [-0.4, -0.2) is 41.9 Å². The molecule has 0 saturated heterocycles. The Balaban J connectivity index is 2.31. The standard InChI is InChI=1S/C12H22N2O2/c1-10-13-7-5-8-14(10)9-6-11(15)16-12(2,3)4/h5-9H2,1-4H3. The third-order valence-corrected chi connectivity index (χ3v) is 2.39. The van der Waals surface area contributed by atoms with E-state index < -0.39 is 0 Å². The van der Waals surface area contributed by atoms with Crippen LogP contribution in [-0.2, 0) is 9.53 Å². The fourth-order valence-corrected chi connectivity index (χ4v) is 1.66. The lowest BCUT2D eigenvalue weighted by Crippen LogP contribution is -2.36. The van der Waals surface area contributed by atoms with Gasteiger partial charge in [0, 0.05) is 19.6 Å². The van der Waals surface area contributed by atoms with E-state index in [0.29, 0.717) is 13.0 Å². The van der Waals surface area contributed by atoms with Crippen molar-refractivity contribution in [2.75, 3.05) is 19.6 Å². The van der Waals surface area contributed by atoms with Crippen LogP contribution in [0.1, 0.15) is 40.5 Å². The minimum Gasteiger partial charge on any atom is -0.460 e. The Hall–Kier alpha value is -1.06. The summed E-state index contributed by atoms with van der Waals surface area (Å²) in [5.41, 5.74) is -0.387. The molecule has 0 aromatic carbocycles. The molecule has 1 aliphatic rings. The number of amidine groups is 1. The van der Waals surface area contributed by atoms with Crippen LogP contribution in [0.5, 0.6) is 0 Å². The second-order valence-corrected chi connectivity index (χ2v) is 5.11. The second kappa shape index (κ2) is 5.32. The van der Waals surface area contributed by atoms with E-state index in [1.807, 2.05) is 27.7 Å². The minimum atomic E-state index is -0.387. The molecule has 1 heterocycles. The van der Waals surface area contributed by atoms with Gasteiger partial charge in [-0.15, -0.1) is 0 Å². The molecule has 0 atom stereocenters. The van der Waals surface area contributed by atoms with Crippen LogP contribution in [0.4, 0.5) is 0 Å². The quantitative estimate of drug-likeness (QED) is 0.690. The van der Waals surface area contributed by atoms with Crippen LogP contribution in [0.15, 0.2) is 4.99 Å². The monoisotopic (exact) mass is 226 g/mol. The second-order valence-electron chi connectivity index (χ2n) is 5.11. The van der Waals surface area contributed by atoms with E-state index in [9.17, 15) is 4.79 Å². The van der Waals surface area contributed by atoms with E-state index in [4.69, 9.17) is 4.74 Å². The Labute approximate surface area is 97.7 Å². The summed E-state index contributed by atoms with van der Waals surface area (Å²) in [6, 6.07) is 0. The molecule has 4 heteroatoms. The van der Waals surface area contributed by atoms with Crippen molar-refractivity contribution in [1.29, 1.82) is 0 Å². The maximum atomic E-state index is 11.5. The number of hydrogen-bond donors (Lipinski definition) is 0. The van der Waals surface area contributed by atoms with Crippen molar-refractivity contribution in [2.24, 2.45) is 4.99 Å². The lowest BCUT2D eigenvalue weighted by molar-refractivity contribution is -0.154. The zero-order chi connectivity index (χ0) is 12.2. The van der Waals surface area contributed by atoms with E-state index in [-0.39, 0.29) is 11.6 Å².